The fraction of sp³-hybridized carbons (Fsp3) is 0.350. The summed E-state index contributed by atoms with van der Waals surface area (Å²) in [6.45, 7) is 3.05. The van der Waals surface area contributed by atoms with Gasteiger partial charge in [0.05, 0.1) is 25.8 Å². The van der Waals surface area contributed by atoms with Crippen LogP contribution in [0.15, 0.2) is 36.4 Å². The van der Waals surface area contributed by atoms with Crippen molar-refractivity contribution in [1.29, 1.82) is 0 Å². The maximum atomic E-state index is 12.4. The number of nitrogens with one attached hydrogen (secondary N) is 1. The Bertz CT molecular complexity index is 731. The van der Waals surface area contributed by atoms with Crippen LogP contribution >= 0.6 is 11.6 Å². The van der Waals surface area contributed by atoms with Crippen molar-refractivity contribution in [2.45, 2.75) is 19.8 Å². The molecule has 0 saturated heterocycles. The molecule has 1 N–H and O–H groups in total. The SMILES string of the molecule is CCCOc1c(Cl)cc(C(=O)NCCc2ccc(OC)cc2)cc1OC. The van der Waals surface area contributed by atoms with Crippen LogP contribution in [0.2, 0.25) is 5.02 Å². The van der Waals surface area contributed by atoms with E-state index in [1.54, 1.807) is 19.2 Å². The van der Waals surface area contributed by atoms with Crippen molar-refractivity contribution in [3.63, 3.8) is 0 Å². The highest BCUT2D eigenvalue weighted by Crippen LogP contribution is 2.36. The van der Waals surface area contributed by atoms with Gasteiger partial charge in [0.15, 0.2) is 11.5 Å². The van der Waals surface area contributed by atoms with E-state index in [0.717, 1.165) is 24.2 Å². The van der Waals surface area contributed by atoms with Crippen LogP contribution in [0, 0.1) is 0 Å². The van der Waals surface area contributed by atoms with E-state index in [2.05, 4.69) is 5.32 Å². The third kappa shape index (κ3) is 5.30. The lowest BCUT2D eigenvalue weighted by atomic mass is 10.1. The molecule has 26 heavy (non-hydrogen) atoms. The molecule has 1 amide bonds. The molecular weight excluding hydrogens is 354 g/mol. The van der Waals surface area contributed by atoms with Crippen molar-refractivity contribution < 1.29 is 19.0 Å². The minimum atomic E-state index is -0.208. The highest BCUT2D eigenvalue weighted by atomic mass is 35.5. The third-order valence-electron chi connectivity index (χ3n) is 3.80. The first-order valence-corrected chi connectivity index (χ1v) is 8.88. The van der Waals surface area contributed by atoms with Gasteiger partial charge in [0.1, 0.15) is 5.75 Å². The Kier molecular flexibility index (Phi) is 7.60. The topological polar surface area (TPSA) is 56.8 Å². The minimum Gasteiger partial charge on any atom is -0.497 e. The lowest BCUT2D eigenvalue weighted by Crippen LogP contribution is -2.25. The van der Waals surface area contributed by atoms with Crippen molar-refractivity contribution in [3.8, 4) is 17.2 Å². The van der Waals surface area contributed by atoms with Gasteiger partial charge in [-0.05, 0) is 42.7 Å². The number of ether oxygens (including phenoxy) is 3. The number of benzene rings is 2. The molecular formula is C20H24ClNO4. The summed E-state index contributed by atoms with van der Waals surface area (Å²) >= 11 is 6.25. The van der Waals surface area contributed by atoms with E-state index in [-0.39, 0.29) is 5.91 Å². The molecule has 0 aliphatic heterocycles. The average Bonchev–Trinajstić information content (AvgIpc) is 2.66. The Morgan fingerprint density at radius 2 is 1.85 bits per heavy atom. The van der Waals surface area contributed by atoms with E-state index in [9.17, 15) is 4.79 Å². The molecule has 0 fully saturated rings. The third-order valence-corrected chi connectivity index (χ3v) is 4.08. The maximum Gasteiger partial charge on any atom is 0.251 e. The average molecular weight is 378 g/mol. The molecule has 0 aromatic heterocycles. The Balaban J connectivity index is 1.98. The fourth-order valence-corrected chi connectivity index (χ4v) is 2.67. The molecule has 140 valence electrons. The van der Waals surface area contributed by atoms with E-state index in [1.807, 2.05) is 31.2 Å². The van der Waals surface area contributed by atoms with Crippen LogP contribution in [-0.4, -0.2) is 33.3 Å². The molecule has 0 saturated carbocycles. The predicted molar refractivity (Wildman–Crippen MR) is 103 cm³/mol. The van der Waals surface area contributed by atoms with Gasteiger partial charge in [-0.25, -0.2) is 0 Å². The molecule has 2 rings (SSSR count). The van der Waals surface area contributed by atoms with Crippen LogP contribution in [-0.2, 0) is 6.42 Å². The highest BCUT2D eigenvalue weighted by Gasteiger charge is 2.15. The largest absolute Gasteiger partial charge is 0.497 e. The zero-order chi connectivity index (χ0) is 18.9. The highest BCUT2D eigenvalue weighted by molar-refractivity contribution is 6.32. The Hall–Kier alpha value is -2.40. The molecule has 0 unspecified atom stereocenters. The van der Waals surface area contributed by atoms with E-state index >= 15 is 0 Å². The lowest BCUT2D eigenvalue weighted by molar-refractivity contribution is 0.0953. The minimum absolute atomic E-state index is 0.208. The normalized spacial score (nSPS) is 10.3. The number of amides is 1. The molecule has 0 heterocycles. The number of hydrogen-bond acceptors (Lipinski definition) is 4. The van der Waals surface area contributed by atoms with Gasteiger partial charge in [-0.1, -0.05) is 30.7 Å². The van der Waals surface area contributed by atoms with Crippen LogP contribution in [0.4, 0.5) is 0 Å². The number of carbonyl (C=O) groups excluding carboxylic acids is 1. The molecule has 2 aromatic carbocycles. The summed E-state index contributed by atoms with van der Waals surface area (Å²) in [5.74, 6) is 1.52. The summed E-state index contributed by atoms with van der Waals surface area (Å²) in [6.07, 6.45) is 1.57. The Morgan fingerprint density at radius 3 is 2.46 bits per heavy atom. The quantitative estimate of drug-likeness (QED) is 0.714. The van der Waals surface area contributed by atoms with Crippen molar-refractivity contribution in [1.82, 2.24) is 5.32 Å². The van der Waals surface area contributed by atoms with Gasteiger partial charge in [-0.2, -0.15) is 0 Å². The predicted octanol–water partition coefficient (Wildman–Crippen LogP) is 4.12. The van der Waals surface area contributed by atoms with Gasteiger partial charge in [-0.3, -0.25) is 4.79 Å². The maximum absolute atomic E-state index is 12.4. The molecule has 0 aliphatic rings. The fourth-order valence-electron chi connectivity index (χ4n) is 2.41. The molecule has 0 spiro atoms. The summed E-state index contributed by atoms with van der Waals surface area (Å²) < 4.78 is 16.0. The van der Waals surface area contributed by atoms with E-state index < -0.39 is 0 Å². The second-order valence-corrected chi connectivity index (χ2v) is 6.10. The Labute approximate surface area is 159 Å². The van der Waals surface area contributed by atoms with Gasteiger partial charge < -0.3 is 19.5 Å². The van der Waals surface area contributed by atoms with Crippen molar-refractivity contribution in [2.75, 3.05) is 27.4 Å². The van der Waals surface area contributed by atoms with Crippen molar-refractivity contribution in [2.24, 2.45) is 0 Å². The molecule has 6 heteroatoms. The second-order valence-electron chi connectivity index (χ2n) is 5.69. The molecule has 0 bridgehead atoms. The van der Waals surface area contributed by atoms with Crippen LogP contribution in [0.1, 0.15) is 29.3 Å². The summed E-state index contributed by atoms with van der Waals surface area (Å²) in [7, 11) is 3.16. The van der Waals surface area contributed by atoms with E-state index in [0.29, 0.717) is 35.2 Å². The number of halogens is 1. The number of rotatable bonds is 9. The summed E-state index contributed by atoms with van der Waals surface area (Å²) in [6, 6.07) is 11.0. The van der Waals surface area contributed by atoms with E-state index in [1.165, 1.54) is 7.11 Å². The zero-order valence-electron chi connectivity index (χ0n) is 15.3. The van der Waals surface area contributed by atoms with Crippen LogP contribution in [0.25, 0.3) is 0 Å². The van der Waals surface area contributed by atoms with Crippen LogP contribution < -0.4 is 19.5 Å². The van der Waals surface area contributed by atoms with Gasteiger partial charge in [0, 0.05) is 12.1 Å². The first kappa shape index (κ1) is 19.9. The van der Waals surface area contributed by atoms with Crippen molar-refractivity contribution >= 4 is 17.5 Å². The number of carbonyl (C=O) groups is 1. The second kappa shape index (κ2) is 9.92. The monoisotopic (exact) mass is 377 g/mol. The molecule has 0 radical (unpaired) electrons. The van der Waals surface area contributed by atoms with Crippen LogP contribution in [0.3, 0.4) is 0 Å². The molecule has 5 nitrogen and oxygen atoms in total. The molecule has 0 atom stereocenters. The standard InChI is InChI=1S/C20H24ClNO4/c1-4-11-26-19-17(21)12-15(13-18(19)25-3)20(23)22-10-9-14-5-7-16(24-2)8-6-14/h5-8,12-13H,4,9-11H2,1-3H3,(H,22,23). The van der Waals surface area contributed by atoms with Crippen LogP contribution in [0.5, 0.6) is 17.2 Å². The first-order valence-electron chi connectivity index (χ1n) is 8.50. The zero-order valence-corrected chi connectivity index (χ0v) is 16.1. The molecule has 2 aromatic rings. The van der Waals surface area contributed by atoms with Gasteiger partial charge in [0.25, 0.3) is 5.91 Å². The smallest absolute Gasteiger partial charge is 0.251 e. The molecule has 0 aliphatic carbocycles. The Morgan fingerprint density at radius 1 is 1.12 bits per heavy atom. The number of methoxy groups -OCH3 is 2. The first-order chi connectivity index (χ1) is 12.6. The van der Waals surface area contributed by atoms with Gasteiger partial charge >= 0.3 is 0 Å². The summed E-state index contributed by atoms with van der Waals surface area (Å²) in [5, 5.41) is 3.25. The summed E-state index contributed by atoms with van der Waals surface area (Å²) in [4.78, 5) is 12.4. The van der Waals surface area contributed by atoms with Gasteiger partial charge in [-0.15, -0.1) is 0 Å². The summed E-state index contributed by atoms with van der Waals surface area (Å²) in [5.41, 5.74) is 1.55. The lowest BCUT2D eigenvalue weighted by Gasteiger charge is -2.14. The van der Waals surface area contributed by atoms with Gasteiger partial charge in [0.2, 0.25) is 0 Å². The van der Waals surface area contributed by atoms with E-state index in [4.69, 9.17) is 25.8 Å². The number of hydrogen-bond donors (Lipinski definition) is 1. The van der Waals surface area contributed by atoms with Crippen molar-refractivity contribution in [3.05, 3.63) is 52.5 Å².